The molecular weight excluding hydrogens is 426 g/mol. The number of amides is 2. The van der Waals surface area contributed by atoms with Gasteiger partial charge in [-0.1, -0.05) is 42.8 Å². The maximum Gasteiger partial charge on any atom is 0.253 e. The van der Waals surface area contributed by atoms with Gasteiger partial charge in [0.25, 0.3) is 5.91 Å². The molecule has 0 saturated heterocycles. The number of nitrogens with zero attached hydrogens (tertiary/aromatic N) is 2. The summed E-state index contributed by atoms with van der Waals surface area (Å²) in [7, 11) is 1.80. The lowest BCUT2D eigenvalue weighted by Crippen LogP contribution is -2.30. The third kappa shape index (κ3) is 6.51. The average Bonchev–Trinajstić information content (AvgIpc) is 2.84. The van der Waals surface area contributed by atoms with E-state index in [0.717, 1.165) is 22.3 Å². The Balaban J connectivity index is 1.60. The Bertz CT molecular complexity index is 1190. The fraction of sp³-hybridized carbons (Fsp3) is 0.259. The molecule has 0 bridgehead atoms. The van der Waals surface area contributed by atoms with Gasteiger partial charge in [-0.25, -0.2) is 0 Å². The number of nitrogen functional groups attached to an aromatic ring is 1. The van der Waals surface area contributed by atoms with Crippen molar-refractivity contribution in [3.05, 3.63) is 94.3 Å². The van der Waals surface area contributed by atoms with Crippen LogP contribution in [0.1, 0.15) is 51.5 Å². The van der Waals surface area contributed by atoms with E-state index in [1.807, 2.05) is 56.3 Å². The van der Waals surface area contributed by atoms with Crippen LogP contribution in [-0.4, -0.2) is 41.0 Å². The topological polar surface area (TPSA) is 112 Å². The fourth-order valence-corrected chi connectivity index (χ4v) is 3.64. The number of carbonyl (C=O) groups is 2. The highest BCUT2D eigenvalue weighted by Gasteiger charge is 2.11. The van der Waals surface area contributed by atoms with Crippen molar-refractivity contribution in [3.8, 4) is 0 Å². The van der Waals surface area contributed by atoms with Gasteiger partial charge in [0.2, 0.25) is 5.91 Å². The average molecular weight is 458 g/mol. The van der Waals surface area contributed by atoms with Gasteiger partial charge in [0.15, 0.2) is 0 Å². The predicted octanol–water partition coefficient (Wildman–Crippen LogP) is 3.73. The molecule has 0 saturated carbocycles. The van der Waals surface area contributed by atoms with E-state index in [1.165, 1.54) is 6.20 Å². The minimum absolute atomic E-state index is 0.0765. The monoisotopic (exact) mass is 457 g/mol. The van der Waals surface area contributed by atoms with Crippen LogP contribution in [0.3, 0.4) is 0 Å². The SMILES string of the molecule is CCC(=O)N(C)Cc1ccc(Cc2cncc(C(=O)NCC(=N)c3cc(C)ccc3N)c2)cc1. The zero-order chi connectivity index (χ0) is 24.7. The lowest BCUT2D eigenvalue weighted by Gasteiger charge is -2.16. The smallest absolute Gasteiger partial charge is 0.253 e. The lowest BCUT2D eigenvalue weighted by molar-refractivity contribution is -0.130. The second-order valence-electron chi connectivity index (χ2n) is 8.43. The quantitative estimate of drug-likeness (QED) is 0.336. The minimum Gasteiger partial charge on any atom is -0.398 e. The predicted molar refractivity (Wildman–Crippen MR) is 135 cm³/mol. The molecule has 2 amide bonds. The Hall–Kier alpha value is -4.00. The second-order valence-corrected chi connectivity index (χ2v) is 8.43. The summed E-state index contributed by atoms with van der Waals surface area (Å²) in [6.07, 6.45) is 4.39. The number of hydrogen-bond acceptors (Lipinski definition) is 5. The van der Waals surface area contributed by atoms with E-state index in [4.69, 9.17) is 11.1 Å². The minimum atomic E-state index is -0.288. The van der Waals surface area contributed by atoms with Crippen LogP contribution in [0.4, 0.5) is 5.69 Å². The Morgan fingerprint density at radius 2 is 1.74 bits per heavy atom. The molecule has 7 heteroatoms. The Kier molecular flexibility index (Phi) is 8.14. The summed E-state index contributed by atoms with van der Waals surface area (Å²) in [4.78, 5) is 30.4. The van der Waals surface area contributed by atoms with Crippen LogP contribution in [-0.2, 0) is 17.8 Å². The van der Waals surface area contributed by atoms with Crippen LogP contribution < -0.4 is 11.1 Å². The van der Waals surface area contributed by atoms with E-state index in [1.54, 1.807) is 24.2 Å². The van der Waals surface area contributed by atoms with Gasteiger partial charge in [0, 0.05) is 43.7 Å². The van der Waals surface area contributed by atoms with Crippen molar-refractivity contribution in [2.45, 2.75) is 33.2 Å². The molecular formula is C27H31N5O2. The highest BCUT2D eigenvalue weighted by atomic mass is 16.2. The van der Waals surface area contributed by atoms with Crippen LogP contribution in [0, 0.1) is 12.3 Å². The fourth-order valence-electron chi connectivity index (χ4n) is 3.64. The van der Waals surface area contributed by atoms with E-state index in [-0.39, 0.29) is 24.1 Å². The van der Waals surface area contributed by atoms with Gasteiger partial charge in [-0.3, -0.25) is 14.6 Å². The largest absolute Gasteiger partial charge is 0.398 e. The van der Waals surface area contributed by atoms with E-state index in [0.29, 0.717) is 36.2 Å². The van der Waals surface area contributed by atoms with Gasteiger partial charge in [-0.15, -0.1) is 0 Å². The molecule has 3 aromatic rings. The first-order valence-corrected chi connectivity index (χ1v) is 11.2. The van der Waals surface area contributed by atoms with Crippen LogP contribution in [0.2, 0.25) is 0 Å². The number of pyridine rings is 1. The number of aromatic nitrogens is 1. The number of anilines is 1. The van der Waals surface area contributed by atoms with Gasteiger partial charge >= 0.3 is 0 Å². The van der Waals surface area contributed by atoms with Crippen LogP contribution in [0.25, 0.3) is 0 Å². The third-order valence-electron chi connectivity index (χ3n) is 5.60. The number of nitrogens with one attached hydrogen (secondary N) is 2. The van der Waals surface area contributed by atoms with E-state index < -0.39 is 0 Å². The van der Waals surface area contributed by atoms with E-state index in [9.17, 15) is 9.59 Å². The van der Waals surface area contributed by atoms with Crippen molar-refractivity contribution in [1.29, 1.82) is 5.41 Å². The Morgan fingerprint density at radius 3 is 2.44 bits per heavy atom. The molecule has 3 rings (SSSR count). The molecule has 7 nitrogen and oxygen atoms in total. The van der Waals surface area contributed by atoms with Gasteiger partial charge < -0.3 is 21.4 Å². The maximum absolute atomic E-state index is 12.7. The van der Waals surface area contributed by atoms with Crippen molar-refractivity contribution < 1.29 is 9.59 Å². The number of benzene rings is 2. The van der Waals surface area contributed by atoms with Gasteiger partial charge in [0.1, 0.15) is 0 Å². The molecule has 0 aliphatic rings. The molecule has 0 aliphatic heterocycles. The summed E-state index contributed by atoms with van der Waals surface area (Å²) in [6, 6.07) is 15.4. The standard InChI is InChI=1S/C27H31N5O2/c1-4-26(33)32(3)17-20-8-6-19(7-9-20)12-21-13-22(15-30-14-21)27(34)31-16-25(29)23-11-18(2)5-10-24(23)28/h5-11,13-15,29H,4,12,16-17,28H2,1-3H3,(H,31,34). The molecule has 4 N–H and O–H groups in total. The normalized spacial score (nSPS) is 10.6. The summed E-state index contributed by atoms with van der Waals surface area (Å²) in [5.41, 5.74) is 11.9. The number of carbonyl (C=O) groups excluding carboxylic acids is 2. The van der Waals surface area contributed by atoms with Crippen LogP contribution in [0.15, 0.2) is 60.9 Å². The Morgan fingerprint density at radius 1 is 1.03 bits per heavy atom. The lowest BCUT2D eigenvalue weighted by atomic mass is 10.0. The third-order valence-corrected chi connectivity index (χ3v) is 5.60. The van der Waals surface area contributed by atoms with E-state index in [2.05, 4.69) is 10.3 Å². The van der Waals surface area contributed by atoms with Crippen LogP contribution in [0.5, 0.6) is 0 Å². The van der Waals surface area contributed by atoms with Crippen molar-refractivity contribution in [3.63, 3.8) is 0 Å². The molecule has 0 radical (unpaired) electrons. The number of rotatable bonds is 9. The Labute approximate surface area is 200 Å². The molecule has 0 fully saturated rings. The first kappa shape index (κ1) is 24.6. The molecule has 34 heavy (non-hydrogen) atoms. The summed E-state index contributed by atoms with van der Waals surface area (Å²) in [5, 5.41) is 11.1. The second kappa shape index (κ2) is 11.2. The van der Waals surface area contributed by atoms with Gasteiger partial charge in [-0.2, -0.15) is 0 Å². The summed E-state index contributed by atoms with van der Waals surface area (Å²) in [5.74, 6) is -0.174. The first-order chi connectivity index (χ1) is 16.3. The highest BCUT2D eigenvalue weighted by Crippen LogP contribution is 2.15. The number of hydrogen-bond donors (Lipinski definition) is 3. The maximum atomic E-state index is 12.7. The highest BCUT2D eigenvalue weighted by molar-refractivity contribution is 6.06. The summed E-state index contributed by atoms with van der Waals surface area (Å²) < 4.78 is 0. The number of aryl methyl sites for hydroxylation is 1. The van der Waals surface area contributed by atoms with Gasteiger partial charge in [0.05, 0.1) is 17.8 Å². The van der Waals surface area contributed by atoms with E-state index >= 15 is 0 Å². The molecule has 0 atom stereocenters. The van der Waals surface area contributed by atoms with Gasteiger partial charge in [-0.05, 0) is 48.2 Å². The van der Waals surface area contributed by atoms with Crippen molar-refractivity contribution in [2.75, 3.05) is 19.3 Å². The molecule has 1 aromatic heterocycles. The van der Waals surface area contributed by atoms with Crippen LogP contribution >= 0.6 is 0 Å². The molecule has 0 aliphatic carbocycles. The zero-order valence-corrected chi connectivity index (χ0v) is 19.9. The number of nitrogens with two attached hydrogens (primary N) is 1. The van der Waals surface area contributed by atoms with Crippen molar-refractivity contribution in [1.82, 2.24) is 15.2 Å². The van der Waals surface area contributed by atoms with Crippen molar-refractivity contribution in [2.24, 2.45) is 0 Å². The van der Waals surface area contributed by atoms with Crippen molar-refractivity contribution >= 4 is 23.2 Å². The summed E-state index contributed by atoms with van der Waals surface area (Å²) in [6.45, 7) is 4.44. The molecule has 0 unspecified atom stereocenters. The summed E-state index contributed by atoms with van der Waals surface area (Å²) >= 11 is 0. The molecule has 2 aromatic carbocycles. The zero-order valence-electron chi connectivity index (χ0n) is 19.9. The first-order valence-electron chi connectivity index (χ1n) is 11.2. The molecule has 176 valence electrons. The molecule has 1 heterocycles. The molecule has 0 spiro atoms.